The molecule has 0 heterocycles. The topological polar surface area (TPSA) is 74.7 Å². The molecule has 1 N–H and O–H groups in total. The summed E-state index contributed by atoms with van der Waals surface area (Å²) < 4.78 is 26.6. The lowest BCUT2D eigenvalue weighted by atomic mass is 10.2. The Labute approximate surface area is 126 Å². The van der Waals surface area contributed by atoms with Crippen molar-refractivity contribution in [1.29, 1.82) is 0 Å². The van der Waals surface area contributed by atoms with E-state index in [-0.39, 0.29) is 4.90 Å². The van der Waals surface area contributed by atoms with Crippen molar-refractivity contribution in [1.82, 2.24) is 4.31 Å². The lowest BCUT2D eigenvalue weighted by Crippen LogP contribution is -2.32. The molecular weight excluding hydrogens is 290 g/mol. The third-order valence-electron chi connectivity index (χ3n) is 2.86. The van der Waals surface area contributed by atoms with Crippen LogP contribution in [0.3, 0.4) is 0 Å². The van der Waals surface area contributed by atoms with E-state index in [0.29, 0.717) is 18.7 Å². The van der Waals surface area contributed by atoms with Crippen molar-refractivity contribution in [3.05, 3.63) is 35.9 Å². The number of hydrogen-bond acceptors (Lipinski definition) is 3. The highest BCUT2D eigenvalue weighted by Crippen LogP contribution is 2.18. The van der Waals surface area contributed by atoms with Crippen molar-refractivity contribution in [2.75, 3.05) is 13.1 Å². The zero-order valence-electron chi connectivity index (χ0n) is 12.3. The third-order valence-corrected chi connectivity index (χ3v) is 4.75. The summed E-state index contributed by atoms with van der Waals surface area (Å²) in [6, 6.07) is 6.31. The van der Waals surface area contributed by atoms with Gasteiger partial charge < -0.3 is 5.11 Å². The molecule has 0 aliphatic heterocycles. The van der Waals surface area contributed by atoms with Crippen LogP contribution in [0.5, 0.6) is 0 Å². The minimum absolute atomic E-state index is 0.192. The summed E-state index contributed by atoms with van der Waals surface area (Å²) in [5.41, 5.74) is 0.548. The first kappa shape index (κ1) is 17.4. The Morgan fingerprint density at radius 3 is 2.38 bits per heavy atom. The van der Waals surface area contributed by atoms with Crippen LogP contribution in [0.4, 0.5) is 0 Å². The van der Waals surface area contributed by atoms with E-state index in [4.69, 9.17) is 5.11 Å². The third kappa shape index (κ3) is 4.99. The zero-order chi connectivity index (χ0) is 15.9. The number of carboxylic acid groups (broad SMARTS) is 1. The first-order valence-corrected chi connectivity index (χ1v) is 8.37. The Morgan fingerprint density at radius 2 is 1.86 bits per heavy atom. The lowest BCUT2D eigenvalue weighted by molar-refractivity contribution is -0.131. The molecule has 6 heteroatoms. The molecule has 1 aromatic rings. The van der Waals surface area contributed by atoms with Gasteiger partial charge in [0.05, 0.1) is 4.90 Å². The summed E-state index contributed by atoms with van der Waals surface area (Å²) in [6.45, 7) is 4.82. The van der Waals surface area contributed by atoms with E-state index in [0.717, 1.165) is 18.9 Å². The maximum absolute atomic E-state index is 12.6. The van der Waals surface area contributed by atoms with Crippen molar-refractivity contribution in [2.24, 2.45) is 0 Å². The van der Waals surface area contributed by atoms with Crippen LogP contribution in [-0.2, 0) is 14.8 Å². The van der Waals surface area contributed by atoms with Crippen molar-refractivity contribution in [3.63, 3.8) is 0 Å². The fraction of sp³-hybridized carbons (Fsp3) is 0.400. The number of hydrogen-bond donors (Lipinski definition) is 1. The molecule has 1 aromatic carbocycles. The predicted octanol–water partition coefficient (Wildman–Crippen LogP) is 2.60. The number of sulfonamides is 1. The van der Waals surface area contributed by atoms with E-state index in [1.807, 2.05) is 13.8 Å². The average molecular weight is 311 g/mol. The number of nitrogens with zero attached hydrogens (tertiary/aromatic N) is 1. The standard InChI is InChI=1S/C15H21NO4S/c1-3-10-16(11-4-2)21(19,20)14-7-5-6-13(12-14)8-9-15(17)18/h5-9,12H,3-4,10-11H2,1-2H3,(H,17,18). The highest BCUT2D eigenvalue weighted by Gasteiger charge is 2.22. The quantitative estimate of drug-likeness (QED) is 0.749. The molecule has 0 spiro atoms. The molecule has 0 aliphatic rings. The van der Waals surface area contributed by atoms with Gasteiger partial charge in [0, 0.05) is 19.2 Å². The average Bonchev–Trinajstić information content (AvgIpc) is 2.45. The van der Waals surface area contributed by atoms with Gasteiger partial charge in [-0.25, -0.2) is 13.2 Å². The molecule has 5 nitrogen and oxygen atoms in total. The van der Waals surface area contributed by atoms with Crippen LogP contribution in [0.1, 0.15) is 32.3 Å². The molecule has 1 rings (SSSR count). The van der Waals surface area contributed by atoms with Gasteiger partial charge in [-0.15, -0.1) is 0 Å². The molecule has 0 fully saturated rings. The Bertz CT molecular complexity index is 602. The number of carbonyl (C=O) groups is 1. The molecule has 0 amide bonds. The summed E-state index contributed by atoms with van der Waals surface area (Å²) in [6.07, 6.45) is 3.86. The van der Waals surface area contributed by atoms with Crippen LogP contribution in [-0.4, -0.2) is 36.9 Å². The molecule has 0 radical (unpaired) electrons. The molecule has 21 heavy (non-hydrogen) atoms. The van der Waals surface area contributed by atoms with Gasteiger partial charge in [0.25, 0.3) is 0 Å². The van der Waals surface area contributed by atoms with Crippen LogP contribution in [0.15, 0.2) is 35.2 Å². The monoisotopic (exact) mass is 311 g/mol. The van der Waals surface area contributed by atoms with Gasteiger partial charge in [-0.05, 0) is 36.6 Å². The van der Waals surface area contributed by atoms with E-state index >= 15 is 0 Å². The Kier molecular flexibility index (Phi) is 6.58. The van der Waals surface area contributed by atoms with E-state index in [9.17, 15) is 13.2 Å². The van der Waals surface area contributed by atoms with E-state index in [1.165, 1.54) is 22.5 Å². The second-order valence-corrected chi connectivity index (χ2v) is 6.59. The summed E-state index contributed by atoms with van der Waals surface area (Å²) in [5, 5.41) is 8.62. The van der Waals surface area contributed by atoms with Gasteiger partial charge >= 0.3 is 5.97 Å². The van der Waals surface area contributed by atoms with Crippen LogP contribution in [0.25, 0.3) is 6.08 Å². The molecule has 0 saturated carbocycles. The molecule has 0 saturated heterocycles. The van der Waals surface area contributed by atoms with Crippen LogP contribution in [0.2, 0.25) is 0 Å². The lowest BCUT2D eigenvalue weighted by Gasteiger charge is -2.21. The van der Waals surface area contributed by atoms with Gasteiger partial charge in [-0.1, -0.05) is 26.0 Å². The van der Waals surface area contributed by atoms with Crippen molar-refractivity contribution >= 4 is 22.1 Å². The van der Waals surface area contributed by atoms with E-state index in [1.54, 1.807) is 12.1 Å². The van der Waals surface area contributed by atoms with Gasteiger partial charge in [0.15, 0.2) is 0 Å². The number of rotatable bonds is 8. The molecule has 0 bridgehead atoms. The Hall–Kier alpha value is -1.66. The first-order valence-electron chi connectivity index (χ1n) is 6.93. The van der Waals surface area contributed by atoms with E-state index < -0.39 is 16.0 Å². The van der Waals surface area contributed by atoms with Crippen molar-refractivity contribution < 1.29 is 18.3 Å². The summed E-state index contributed by atoms with van der Waals surface area (Å²) in [7, 11) is -3.53. The van der Waals surface area contributed by atoms with Gasteiger partial charge in [0.2, 0.25) is 10.0 Å². The van der Waals surface area contributed by atoms with Gasteiger partial charge in [-0.3, -0.25) is 0 Å². The molecular formula is C15H21NO4S. The fourth-order valence-electron chi connectivity index (χ4n) is 1.95. The molecule has 0 atom stereocenters. The second kappa shape index (κ2) is 7.95. The van der Waals surface area contributed by atoms with Crippen molar-refractivity contribution in [2.45, 2.75) is 31.6 Å². The molecule has 0 aliphatic carbocycles. The number of carboxylic acids is 1. The molecule has 0 aromatic heterocycles. The summed E-state index contributed by atoms with van der Waals surface area (Å²) >= 11 is 0. The minimum Gasteiger partial charge on any atom is -0.478 e. The van der Waals surface area contributed by atoms with Crippen LogP contribution >= 0.6 is 0 Å². The van der Waals surface area contributed by atoms with Gasteiger partial charge in [-0.2, -0.15) is 4.31 Å². The zero-order valence-corrected chi connectivity index (χ0v) is 13.1. The predicted molar refractivity (Wildman–Crippen MR) is 82.5 cm³/mol. The Morgan fingerprint density at radius 1 is 1.24 bits per heavy atom. The Balaban J connectivity index is 3.12. The van der Waals surface area contributed by atoms with Crippen LogP contribution < -0.4 is 0 Å². The largest absolute Gasteiger partial charge is 0.478 e. The maximum Gasteiger partial charge on any atom is 0.328 e. The smallest absolute Gasteiger partial charge is 0.328 e. The normalized spacial score (nSPS) is 12.1. The van der Waals surface area contributed by atoms with Gasteiger partial charge in [0.1, 0.15) is 0 Å². The molecule has 116 valence electrons. The van der Waals surface area contributed by atoms with Crippen molar-refractivity contribution in [3.8, 4) is 0 Å². The second-order valence-electron chi connectivity index (χ2n) is 4.65. The minimum atomic E-state index is -3.53. The first-order chi connectivity index (χ1) is 9.91. The van der Waals surface area contributed by atoms with E-state index in [2.05, 4.69) is 0 Å². The maximum atomic E-state index is 12.6. The highest BCUT2D eigenvalue weighted by atomic mass is 32.2. The SMILES string of the molecule is CCCN(CCC)S(=O)(=O)c1cccc(C=CC(=O)O)c1. The highest BCUT2D eigenvalue weighted by molar-refractivity contribution is 7.89. The number of aliphatic carboxylic acids is 1. The summed E-state index contributed by atoms with van der Waals surface area (Å²) in [5.74, 6) is -1.07. The summed E-state index contributed by atoms with van der Waals surface area (Å²) in [4.78, 5) is 10.7. The molecule has 0 unspecified atom stereocenters. The van der Waals surface area contributed by atoms with Crippen LogP contribution in [0, 0.1) is 0 Å². The fourth-order valence-corrected chi connectivity index (χ4v) is 3.63. The number of benzene rings is 1.